The predicted octanol–water partition coefficient (Wildman–Crippen LogP) is 4.85. The number of benzene rings is 3. The van der Waals surface area contributed by atoms with Crippen molar-refractivity contribution in [3.63, 3.8) is 0 Å². The second-order valence-electron chi connectivity index (χ2n) is 8.78. The lowest BCUT2D eigenvalue weighted by Gasteiger charge is -2.10. The highest BCUT2D eigenvalue weighted by atomic mass is 35.5. The number of ether oxygens (including phenoxy) is 1. The van der Waals surface area contributed by atoms with E-state index in [1.54, 1.807) is 61.8 Å². The molecule has 0 saturated heterocycles. The number of nitrogens with one attached hydrogen (secondary N) is 1. The summed E-state index contributed by atoms with van der Waals surface area (Å²) in [5.41, 5.74) is 1.96. The largest absolute Gasteiger partial charge is 0.383 e. The molecule has 0 aliphatic heterocycles. The fourth-order valence-corrected chi connectivity index (χ4v) is 6.62. The van der Waals surface area contributed by atoms with E-state index >= 15 is 0 Å². The first kappa shape index (κ1) is 27.9. The second-order valence-corrected chi connectivity index (χ2v) is 11.9. The molecule has 40 heavy (non-hydrogen) atoms. The number of carbonyl (C=O) groups excluding carboxylic acids is 1. The Morgan fingerprint density at radius 1 is 1.00 bits per heavy atom. The van der Waals surface area contributed by atoms with E-state index in [9.17, 15) is 13.2 Å². The fraction of sp³-hybridized carbons (Fsp3) is 0.179. The number of carbonyl (C=O) groups is 1. The van der Waals surface area contributed by atoms with Crippen molar-refractivity contribution in [2.24, 2.45) is 0 Å². The molecule has 12 heteroatoms. The van der Waals surface area contributed by atoms with Crippen LogP contribution in [0.4, 0.5) is 0 Å². The zero-order valence-corrected chi connectivity index (χ0v) is 23.9. The zero-order chi connectivity index (χ0) is 28.1. The van der Waals surface area contributed by atoms with Crippen LogP contribution < -0.4 is 5.32 Å². The molecule has 2 aromatic heterocycles. The molecule has 5 rings (SSSR count). The molecule has 206 valence electrons. The van der Waals surface area contributed by atoms with E-state index in [1.165, 1.54) is 15.7 Å². The van der Waals surface area contributed by atoms with Gasteiger partial charge in [-0.15, -0.1) is 10.2 Å². The van der Waals surface area contributed by atoms with Crippen LogP contribution in [0.25, 0.3) is 22.3 Å². The summed E-state index contributed by atoms with van der Waals surface area (Å²) < 4.78 is 35.6. The summed E-state index contributed by atoms with van der Waals surface area (Å²) >= 11 is 7.43. The Kier molecular flexibility index (Phi) is 8.55. The zero-order valence-electron chi connectivity index (χ0n) is 21.5. The van der Waals surface area contributed by atoms with Crippen LogP contribution in [-0.2, 0) is 32.6 Å². The first-order valence-corrected chi connectivity index (χ1v) is 15.2. The number of halogens is 1. The normalized spacial score (nSPS) is 11.7. The summed E-state index contributed by atoms with van der Waals surface area (Å²) in [7, 11) is -2.27. The number of hydrogen-bond donors (Lipinski definition) is 1. The lowest BCUT2D eigenvalue weighted by molar-refractivity contribution is -0.118. The first-order chi connectivity index (χ1) is 19.4. The number of rotatable bonds is 11. The third-order valence-electron chi connectivity index (χ3n) is 6.22. The lowest BCUT2D eigenvalue weighted by atomic mass is 10.1. The Morgan fingerprint density at radius 3 is 2.50 bits per heavy atom. The third-order valence-corrected chi connectivity index (χ3v) is 9.24. The Bertz CT molecular complexity index is 1750. The van der Waals surface area contributed by atoms with Crippen LogP contribution in [0.15, 0.2) is 95.1 Å². The molecule has 0 atom stereocenters. The molecule has 0 fully saturated rings. The van der Waals surface area contributed by atoms with Crippen molar-refractivity contribution in [3.05, 3.63) is 95.6 Å². The predicted molar refractivity (Wildman–Crippen MR) is 156 cm³/mol. The molecule has 5 aromatic rings. The maximum atomic E-state index is 13.6. The van der Waals surface area contributed by atoms with Gasteiger partial charge in [0.2, 0.25) is 5.91 Å². The summed E-state index contributed by atoms with van der Waals surface area (Å²) in [4.78, 5) is 12.8. The van der Waals surface area contributed by atoms with Gasteiger partial charge in [0.05, 0.1) is 29.3 Å². The van der Waals surface area contributed by atoms with Crippen molar-refractivity contribution in [2.45, 2.75) is 23.1 Å². The molecule has 3 aromatic carbocycles. The molecule has 0 aliphatic rings. The number of amides is 1. The highest BCUT2D eigenvalue weighted by molar-refractivity contribution is 7.99. The fourth-order valence-electron chi connectivity index (χ4n) is 4.23. The van der Waals surface area contributed by atoms with Gasteiger partial charge in [0.25, 0.3) is 10.0 Å². The molecule has 0 saturated carbocycles. The van der Waals surface area contributed by atoms with Gasteiger partial charge in [0.15, 0.2) is 11.0 Å². The van der Waals surface area contributed by atoms with E-state index in [0.29, 0.717) is 52.2 Å². The van der Waals surface area contributed by atoms with Gasteiger partial charge in [0, 0.05) is 35.8 Å². The van der Waals surface area contributed by atoms with E-state index in [0.717, 1.165) is 5.56 Å². The summed E-state index contributed by atoms with van der Waals surface area (Å²) in [6.07, 6.45) is 1.57. The highest BCUT2D eigenvalue weighted by Gasteiger charge is 2.25. The van der Waals surface area contributed by atoms with Gasteiger partial charge in [-0.1, -0.05) is 78.0 Å². The third kappa shape index (κ3) is 5.78. The van der Waals surface area contributed by atoms with Gasteiger partial charge < -0.3 is 10.1 Å². The summed E-state index contributed by atoms with van der Waals surface area (Å²) in [6, 6.07) is 22.9. The van der Waals surface area contributed by atoms with Crippen molar-refractivity contribution < 1.29 is 17.9 Å². The van der Waals surface area contributed by atoms with Crippen LogP contribution in [0.2, 0.25) is 5.02 Å². The topological polar surface area (TPSA) is 108 Å². The first-order valence-electron chi connectivity index (χ1n) is 12.4. The molecule has 0 radical (unpaired) electrons. The average molecular weight is 596 g/mol. The number of hydrogen-bond acceptors (Lipinski definition) is 7. The summed E-state index contributed by atoms with van der Waals surface area (Å²) in [5, 5.41) is 13.5. The van der Waals surface area contributed by atoms with E-state index < -0.39 is 10.0 Å². The van der Waals surface area contributed by atoms with E-state index in [1.807, 2.05) is 34.9 Å². The molecular weight excluding hydrogens is 570 g/mol. The van der Waals surface area contributed by atoms with Crippen molar-refractivity contribution in [2.75, 3.05) is 19.5 Å². The SMILES string of the molecule is COCCn1c(SCC(=O)NCc2ccccc2Cl)nnc1-c1cn(S(=O)(=O)c2ccccc2)c2ccccc12. The smallest absolute Gasteiger partial charge is 0.268 e. The quantitative estimate of drug-likeness (QED) is 0.218. The van der Waals surface area contributed by atoms with Gasteiger partial charge in [-0.2, -0.15) is 0 Å². The van der Waals surface area contributed by atoms with Gasteiger partial charge in [-0.3, -0.25) is 9.36 Å². The van der Waals surface area contributed by atoms with Gasteiger partial charge >= 0.3 is 0 Å². The van der Waals surface area contributed by atoms with Gasteiger partial charge in [-0.05, 0) is 29.8 Å². The Labute approximate surface area is 241 Å². The van der Waals surface area contributed by atoms with Crippen molar-refractivity contribution in [1.82, 2.24) is 24.1 Å². The molecule has 1 N–H and O–H groups in total. The highest BCUT2D eigenvalue weighted by Crippen LogP contribution is 2.34. The van der Waals surface area contributed by atoms with Crippen LogP contribution in [0, 0.1) is 0 Å². The van der Waals surface area contributed by atoms with Crippen molar-refractivity contribution in [3.8, 4) is 11.4 Å². The molecule has 0 spiro atoms. The Balaban J connectivity index is 1.45. The van der Waals surface area contributed by atoms with E-state index in [4.69, 9.17) is 16.3 Å². The van der Waals surface area contributed by atoms with Gasteiger partial charge in [0.1, 0.15) is 0 Å². The molecule has 9 nitrogen and oxygen atoms in total. The number of thioether (sulfide) groups is 1. The summed E-state index contributed by atoms with van der Waals surface area (Å²) in [6.45, 7) is 1.10. The van der Waals surface area contributed by atoms with Gasteiger partial charge in [-0.25, -0.2) is 12.4 Å². The second kappa shape index (κ2) is 12.3. The van der Waals surface area contributed by atoms with Crippen LogP contribution in [0.3, 0.4) is 0 Å². The summed E-state index contributed by atoms with van der Waals surface area (Å²) in [5.74, 6) is 0.409. The lowest BCUT2D eigenvalue weighted by Crippen LogP contribution is -2.25. The monoisotopic (exact) mass is 595 g/mol. The Morgan fingerprint density at radius 2 is 1.73 bits per heavy atom. The van der Waals surface area contributed by atoms with Crippen LogP contribution in [-0.4, -0.2) is 52.5 Å². The average Bonchev–Trinajstić information content (AvgIpc) is 3.56. The molecule has 0 unspecified atom stereocenters. The molecule has 0 aliphatic carbocycles. The standard InChI is InChI=1S/C28H26ClN5O4S2/c1-38-16-15-33-27(31-32-28(33)39-19-26(35)30-17-20-9-5-7-13-24(20)29)23-18-34(25-14-8-6-12-22(23)25)40(36,37)21-10-3-2-4-11-21/h2-14,18H,15-17,19H2,1H3,(H,30,35). The number of fused-ring (bicyclic) bond motifs is 1. The minimum absolute atomic E-state index is 0.111. The Hall–Kier alpha value is -3.64. The molecule has 1 amide bonds. The minimum atomic E-state index is -3.86. The van der Waals surface area contributed by atoms with Crippen molar-refractivity contribution in [1.29, 1.82) is 0 Å². The molecular formula is C28H26ClN5O4S2. The number of para-hydroxylation sites is 1. The number of methoxy groups -OCH3 is 1. The van der Waals surface area contributed by atoms with Crippen LogP contribution >= 0.6 is 23.4 Å². The van der Waals surface area contributed by atoms with Crippen molar-refractivity contribution >= 4 is 50.2 Å². The molecule has 0 bridgehead atoms. The number of nitrogens with zero attached hydrogens (tertiary/aromatic N) is 4. The van der Waals surface area contributed by atoms with E-state index in [-0.39, 0.29) is 16.6 Å². The number of aromatic nitrogens is 4. The van der Waals surface area contributed by atoms with Crippen LogP contribution in [0.1, 0.15) is 5.56 Å². The molecule has 2 heterocycles. The van der Waals surface area contributed by atoms with Crippen LogP contribution in [0.5, 0.6) is 0 Å². The maximum absolute atomic E-state index is 13.6. The minimum Gasteiger partial charge on any atom is -0.383 e. The van der Waals surface area contributed by atoms with E-state index in [2.05, 4.69) is 15.5 Å². The maximum Gasteiger partial charge on any atom is 0.268 e.